The van der Waals surface area contributed by atoms with Crippen molar-refractivity contribution in [3.05, 3.63) is 72.6 Å². The Labute approximate surface area is 276 Å². The Balaban J connectivity index is 0.937. The van der Waals surface area contributed by atoms with E-state index in [2.05, 4.69) is 31.1 Å². The second kappa shape index (κ2) is 13.0. The van der Waals surface area contributed by atoms with Crippen molar-refractivity contribution in [3.8, 4) is 0 Å². The van der Waals surface area contributed by atoms with E-state index in [1.165, 1.54) is 51.4 Å². The first-order valence-electron chi connectivity index (χ1n) is 18.1. The summed E-state index contributed by atoms with van der Waals surface area (Å²) in [7, 11) is -3.26. The standard InChI is InChI=1S/C39H54N3O3P/c1-28(35-18-19-36-34-17-16-29-25-31(43)20-22-38(29,2)37(34)21-23-39(35,36)3)11-10-24-42-26-30(40-41-42)27-45-46(44,32-12-6-4-7-13-32)33-14-8-5-9-15-33/h4-9,12-15,26,28-29,31,34-37,43H,10-11,16-25,27H2,1-3H3/t28-,29-,31-,34+,35-,36+,37+,38+,39-/m1/s1. The van der Waals surface area contributed by atoms with Gasteiger partial charge in [0, 0.05) is 17.2 Å². The Morgan fingerprint density at radius 3 is 2.30 bits per heavy atom. The lowest BCUT2D eigenvalue weighted by molar-refractivity contribution is -0.129. The van der Waals surface area contributed by atoms with E-state index in [4.69, 9.17) is 4.52 Å². The van der Waals surface area contributed by atoms with E-state index >= 15 is 0 Å². The first-order valence-corrected chi connectivity index (χ1v) is 19.8. The first-order chi connectivity index (χ1) is 22.2. The molecule has 0 aliphatic heterocycles. The number of aliphatic hydroxyl groups excluding tert-OH is 1. The average molecular weight is 644 g/mol. The van der Waals surface area contributed by atoms with Crippen molar-refractivity contribution < 1.29 is 14.2 Å². The molecule has 46 heavy (non-hydrogen) atoms. The zero-order valence-corrected chi connectivity index (χ0v) is 29.0. The molecule has 2 aromatic carbocycles. The lowest BCUT2D eigenvalue weighted by Gasteiger charge is -2.61. The minimum atomic E-state index is -3.26. The van der Waals surface area contributed by atoms with Crippen LogP contribution in [0.3, 0.4) is 0 Å². The maximum absolute atomic E-state index is 14.2. The smallest absolute Gasteiger partial charge is 0.261 e. The van der Waals surface area contributed by atoms with E-state index < -0.39 is 7.37 Å². The average Bonchev–Trinajstić information content (AvgIpc) is 3.68. The molecule has 4 aliphatic rings. The number of nitrogens with zero attached hydrogens (tertiary/aromatic N) is 3. The molecule has 0 spiro atoms. The third-order valence-corrected chi connectivity index (χ3v) is 16.1. The maximum atomic E-state index is 14.2. The highest BCUT2D eigenvalue weighted by Gasteiger charge is 2.60. The van der Waals surface area contributed by atoms with Crippen molar-refractivity contribution in [2.75, 3.05) is 0 Å². The fourth-order valence-electron chi connectivity index (χ4n) is 11.2. The molecule has 0 amide bonds. The molecule has 4 saturated carbocycles. The van der Waals surface area contributed by atoms with Gasteiger partial charge in [-0.1, -0.05) is 62.4 Å². The van der Waals surface area contributed by atoms with Gasteiger partial charge in [0.05, 0.1) is 12.3 Å². The summed E-state index contributed by atoms with van der Waals surface area (Å²) in [5, 5.41) is 20.6. The highest BCUT2D eigenvalue weighted by Crippen LogP contribution is 2.68. The number of aromatic nitrogens is 3. The lowest BCUT2D eigenvalue weighted by atomic mass is 9.44. The summed E-state index contributed by atoms with van der Waals surface area (Å²) in [5.41, 5.74) is 1.63. The Hall–Kier alpha value is -2.27. The van der Waals surface area contributed by atoms with Crippen LogP contribution >= 0.6 is 7.37 Å². The summed E-state index contributed by atoms with van der Waals surface area (Å²) < 4.78 is 22.3. The van der Waals surface area contributed by atoms with E-state index in [-0.39, 0.29) is 12.7 Å². The third kappa shape index (κ3) is 5.86. The number of hydrogen-bond donors (Lipinski definition) is 1. The summed E-state index contributed by atoms with van der Waals surface area (Å²) in [6.07, 6.45) is 15.8. The number of rotatable bonds is 10. The summed E-state index contributed by atoms with van der Waals surface area (Å²) >= 11 is 0. The number of aliphatic hydroxyl groups is 1. The van der Waals surface area contributed by atoms with Gasteiger partial charge in [0.15, 0.2) is 0 Å². The van der Waals surface area contributed by atoms with Gasteiger partial charge >= 0.3 is 0 Å². The van der Waals surface area contributed by atoms with Crippen molar-refractivity contribution in [2.45, 2.75) is 111 Å². The van der Waals surface area contributed by atoms with Crippen molar-refractivity contribution >= 4 is 18.0 Å². The van der Waals surface area contributed by atoms with E-state index in [0.29, 0.717) is 33.1 Å². The lowest BCUT2D eigenvalue weighted by Crippen LogP contribution is -2.54. The molecular formula is C39H54N3O3P. The first kappa shape index (κ1) is 32.3. The van der Waals surface area contributed by atoms with E-state index in [1.807, 2.05) is 71.5 Å². The van der Waals surface area contributed by atoms with Crippen molar-refractivity contribution in [2.24, 2.45) is 46.3 Å². The SMILES string of the molecule is C[C@H](CCCn1cc(COP(=O)(c2ccccc2)c2ccccc2)nn1)[C@H]1CC[C@H]2[C@@H]3CC[C@@H]4C[C@H](O)CC[C@]4(C)[C@H]3CC[C@]12C. The monoisotopic (exact) mass is 643 g/mol. The molecule has 7 rings (SSSR count). The van der Waals surface area contributed by atoms with Crippen LogP contribution in [0.2, 0.25) is 0 Å². The Morgan fingerprint density at radius 1 is 0.913 bits per heavy atom. The number of benzene rings is 2. The van der Waals surface area contributed by atoms with E-state index in [9.17, 15) is 9.67 Å². The fourth-order valence-corrected chi connectivity index (χ4v) is 13.2. The second-order valence-electron chi connectivity index (χ2n) is 15.9. The second-order valence-corrected chi connectivity index (χ2v) is 18.3. The minimum absolute atomic E-state index is 0.0597. The molecule has 3 aromatic rings. The zero-order valence-electron chi connectivity index (χ0n) is 28.1. The maximum Gasteiger partial charge on any atom is 0.261 e. The van der Waals surface area contributed by atoms with Gasteiger partial charge < -0.3 is 9.63 Å². The molecule has 4 aliphatic carbocycles. The van der Waals surface area contributed by atoms with Gasteiger partial charge in [-0.15, -0.1) is 5.10 Å². The van der Waals surface area contributed by atoms with Gasteiger partial charge in [-0.25, -0.2) is 0 Å². The zero-order chi connectivity index (χ0) is 31.9. The van der Waals surface area contributed by atoms with Gasteiger partial charge in [0.1, 0.15) is 12.3 Å². The van der Waals surface area contributed by atoms with Crippen LogP contribution < -0.4 is 10.6 Å². The van der Waals surface area contributed by atoms with Crippen molar-refractivity contribution in [3.63, 3.8) is 0 Å². The molecule has 7 heteroatoms. The predicted molar refractivity (Wildman–Crippen MR) is 184 cm³/mol. The summed E-state index contributed by atoms with van der Waals surface area (Å²) in [6, 6.07) is 18.9. The normalized spacial score (nSPS) is 34.8. The highest BCUT2D eigenvalue weighted by molar-refractivity contribution is 7.74. The third-order valence-electron chi connectivity index (χ3n) is 13.6. The molecule has 1 N–H and O–H groups in total. The van der Waals surface area contributed by atoms with Crippen LogP contribution in [0.25, 0.3) is 0 Å². The molecular weight excluding hydrogens is 589 g/mol. The van der Waals surface area contributed by atoms with E-state index in [1.54, 1.807) is 0 Å². The van der Waals surface area contributed by atoms with Gasteiger partial charge in [-0.3, -0.25) is 9.25 Å². The molecule has 1 aromatic heterocycles. The molecule has 0 bridgehead atoms. The van der Waals surface area contributed by atoms with Gasteiger partial charge in [0.2, 0.25) is 0 Å². The summed E-state index contributed by atoms with van der Waals surface area (Å²) in [6.45, 7) is 8.77. The molecule has 1 heterocycles. The molecule has 248 valence electrons. The largest absolute Gasteiger partial charge is 0.393 e. The predicted octanol–water partition coefficient (Wildman–Crippen LogP) is 8.16. The quantitative estimate of drug-likeness (QED) is 0.226. The molecule has 6 nitrogen and oxygen atoms in total. The Bertz CT molecular complexity index is 1470. The Morgan fingerprint density at radius 2 is 1.59 bits per heavy atom. The fraction of sp³-hybridized carbons (Fsp3) is 0.641. The summed E-state index contributed by atoms with van der Waals surface area (Å²) in [4.78, 5) is 0. The van der Waals surface area contributed by atoms with Crippen LogP contribution in [-0.2, 0) is 22.2 Å². The van der Waals surface area contributed by atoms with Crippen LogP contribution in [0.15, 0.2) is 66.9 Å². The minimum Gasteiger partial charge on any atom is -0.393 e. The van der Waals surface area contributed by atoms with Crippen molar-refractivity contribution in [1.82, 2.24) is 15.0 Å². The Kier molecular flexibility index (Phi) is 9.11. The molecule has 4 fully saturated rings. The molecule has 0 saturated heterocycles. The summed E-state index contributed by atoms with van der Waals surface area (Å²) in [5.74, 6) is 4.88. The van der Waals surface area contributed by atoms with Crippen LogP contribution in [0.5, 0.6) is 0 Å². The number of fused-ring (bicyclic) bond motifs is 5. The van der Waals surface area contributed by atoms with Gasteiger partial charge in [-0.2, -0.15) is 0 Å². The number of aryl methyl sites for hydroxylation is 1. The van der Waals surface area contributed by atoms with Crippen LogP contribution in [0.4, 0.5) is 0 Å². The molecule has 9 atom stereocenters. The number of hydrogen-bond acceptors (Lipinski definition) is 5. The van der Waals surface area contributed by atoms with Crippen LogP contribution in [0.1, 0.15) is 97.1 Å². The van der Waals surface area contributed by atoms with Crippen molar-refractivity contribution in [1.29, 1.82) is 0 Å². The topological polar surface area (TPSA) is 77.2 Å². The molecule has 0 radical (unpaired) electrons. The van der Waals surface area contributed by atoms with Gasteiger partial charge in [-0.05, 0) is 141 Å². The van der Waals surface area contributed by atoms with Gasteiger partial charge in [0.25, 0.3) is 7.37 Å². The molecule has 0 unspecified atom stereocenters. The highest BCUT2D eigenvalue weighted by atomic mass is 31.2. The van der Waals surface area contributed by atoms with E-state index in [0.717, 1.165) is 55.4 Å². The van der Waals surface area contributed by atoms with Crippen LogP contribution in [0, 0.1) is 46.3 Å². The van der Waals surface area contributed by atoms with Crippen LogP contribution in [-0.4, -0.2) is 26.2 Å².